The third-order valence-corrected chi connectivity index (χ3v) is 3.32. The van der Waals surface area contributed by atoms with Gasteiger partial charge in [0.05, 0.1) is 0 Å². The van der Waals surface area contributed by atoms with Crippen molar-refractivity contribution in [3.05, 3.63) is 41.6 Å². The van der Waals surface area contributed by atoms with Crippen molar-refractivity contribution in [2.45, 2.75) is 25.4 Å². The fraction of sp³-hybridized carbons (Fsp3) is 0.357. The Morgan fingerprint density at radius 1 is 1.39 bits per heavy atom. The first-order valence-electron chi connectivity index (χ1n) is 6.24. The summed E-state index contributed by atoms with van der Waals surface area (Å²) in [4.78, 5) is 0. The molecule has 2 aromatic rings. The minimum atomic E-state index is 0.496. The van der Waals surface area contributed by atoms with Crippen LogP contribution < -0.4 is 10.5 Å². The molecule has 1 saturated carbocycles. The van der Waals surface area contributed by atoms with Crippen LogP contribution in [0.2, 0.25) is 0 Å². The van der Waals surface area contributed by atoms with Crippen molar-refractivity contribution in [3.63, 3.8) is 0 Å². The number of ether oxygens (including phenoxy) is 1. The summed E-state index contributed by atoms with van der Waals surface area (Å²) in [5, 5.41) is 4.20. The Labute approximate surface area is 106 Å². The van der Waals surface area contributed by atoms with Gasteiger partial charge in [0.15, 0.2) is 0 Å². The maximum atomic E-state index is 6.05. The molecule has 0 radical (unpaired) electrons. The lowest BCUT2D eigenvalue weighted by atomic mass is 10.0. The van der Waals surface area contributed by atoms with Crippen molar-refractivity contribution in [2.24, 2.45) is 7.05 Å². The van der Waals surface area contributed by atoms with Gasteiger partial charge in [0.1, 0.15) is 6.61 Å². The summed E-state index contributed by atoms with van der Waals surface area (Å²) in [5.41, 5.74) is 9.32. The maximum Gasteiger partial charge on any atom is 0.233 e. The van der Waals surface area contributed by atoms with E-state index in [2.05, 4.69) is 11.2 Å². The molecule has 0 unspecified atom stereocenters. The molecule has 4 nitrogen and oxygen atoms in total. The number of aromatic nitrogens is 2. The molecular formula is C14H17N3O. The number of hydrogen-bond acceptors (Lipinski definition) is 3. The summed E-state index contributed by atoms with van der Waals surface area (Å²) in [5.74, 6) is 1.32. The van der Waals surface area contributed by atoms with Gasteiger partial charge in [0, 0.05) is 30.6 Å². The van der Waals surface area contributed by atoms with Gasteiger partial charge in [-0.15, -0.1) is 5.10 Å². The highest BCUT2D eigenvalue weighted by Gasteiger charge is 2.26. The Bertz CT molecular complexity index is 558. The number of rotatable bonds is 4. The first-order valence-corrected chi connectivity index (χ1v) is 6.24. The maximum absolute atomic E-state index is 6.05. The lowest BCUT2D eigenvalue weighted by molar-refractivity contribution is 0.290. The van der Waals surface area contributed by atoms with Gasteiger partial charge < -0.3 is 10.5 Å². The van der Waals surface area contributed by atoms with Crippen molar-refractivity contribution in [2.75, 3.05) is 5.73 Å². The molecule has 0 atom stereocenters. The minimum Gasteiger partial charge on any atom is -0.472 e. The number of benzene rings is 1. The van der Waals surface area contributed by atoms with Crippen LogP contribution in [0.1, 0.15) is 29.9 Å². The van der Waals surface area contributed by atoms with Crippen LogP contribution in [0.25, 0.3) is 0 Å². The summed E-state index contributed by atoms with van der Waals surface area (Å²) in [6, 6.07) is 7.97. The fourth-order valence-electron chi connectivity index (χ4n) is 2.18. The third kappa shape index (κ3) is 2.18. The van der Waals surface area contributed by atoms with Gasteiger partial charge in [-0.3, -0.25) is 4.68 Å². The van der Waals surface area contributed by atoms with Crippen molar-refractivity contribution in [3.8, 4) is 5.88 Å². The molecule has 0 saturated heterocycles. The summed E-state index contributed by atoms with van der Waals surface area (Å²) in [7, 11) is 1.87. The van der Waals surface area contributed by atoms with E-state index in [1.165, 1.54) is 18.4 Å². The molecule has 1 heterocycles. The Morgan fingerprint density at radius 3 is 2.89 bits per heavy atom. The number of hydrogen-bond donors (Lipinski definition) is 1. The first-order chi connectivity index (χ1) is 8.74. The molecule has 0 spiro atoms. The molecule has 0 aliphatic heterocycles. The number of aryl methyl sites for hydroxylation is 1. The second-order valence-electron chi connectivity index (χ2n) is 4.81. The van der Waals surface area contributed by atoms with Crippen LogP contribution in [0.15, 0.2) is 30.5 Å². The molecule has 1 aromatic heterocycles. The van der Waals surface area contributed by atoms with Crippen LogP contribution in [0, 0.1) is 0 Å². The van der Waals surface area contributed by atoms with Crippen LogP contribution in [-0.2, 0) is 13.7 Å². The average Bonchev–Trinajstić information content (AvgIpc) is 3.11. The van der Waals surface area contributed by atoms with E-state index in [0.717, 1.165) is 11.3 Å². The summed E-state index contributed by atoms with van der Waals surface area (Å²) in [6.07, 6.45) is 4.39. The van der Waals surface area contributed by atoms with Crippen molar-refractivity contribution in [1.82, 2.24) is 9.78 Å². The van der Waals surface area contributed by atoms with Crippen LogP contribution in [0.4, 0.5) is 5.69 Å². The van der Waals surface area contributed by atoms with E-state index in [9.17, 15) is 0 Å². The molecule has 18 heavy (non-hydrogen) atoms. The Morgan fingerprint density at radius 2 is 2.22 bits per heavy atom. The predicted octanol–water partition coefficient (Wildman–Crippen LogP) is 2.46. The zero-order chi connectivity index (χ0) is 12.5. The molecule has 1 fully saturated rings. The van der Waals surface area contributed by atoms with E-state index in [4.69, 9.17) is 10.5 Å². The van der Waals surface area contributed by atoms with Gasteiger partial charge in [0.2, 0.25) is 5.88 Å². The molecule has 0 amide bonds. The number of anilines is 1. The lowest BCUT2D eigenvalue weighted by Gasteiger charge is -2.11. The van der Waals surface area contributed by atoms with Crippen LogP contribution in [-0.4, -0.2) is 9.78 Å². The molecule has 4 heteroatoms. The monoisotopic (exact) mass is 243 g/mol. The topological polar surface area (TPSA) is 53.1 Å². The van der Waals surface area contributed by atoms with Crippen LogP contribution in [0.5, 0.6) is 5.88 Å². The van der Waals surface area contributed by atoms with Crippen LogP contribution >= 0.6 is 0 Å². The van der Waals surface area contributed by atoms with Gasteiger partial charge in [-0.2, -0.15) is 0 Å². The molecule has 1 aliphatic rings. The highest BCUT2D eigenvalue weighted by molar-refractivity contribution is 5.52. The molecule has 0 bridgehead atoms. The lowest BCUT2D eigenvalue weighted by Crippen LogP contribution is -2.04. The minimum absolute atomic E-state index is 0.496. The average molecular weight is 243 g/mol. The van der Waals surface area contributed by atoms with Gasteiger partial charge in [-0.05, 0) is 30.4 Å². The van der Waals surface area contributed by atoms with Crippen LogP contribution in [0.3, 0.4) is 0 Å². The fourth-order valence-corrected chi connectivity index (χ4v) is 2.18. The molecular weight excluding hydrogens is 226 g/mol. The van der Waals surface area contributed by atoms with Gasteiger partial charge in [-0.1, -0.05) is 12.1 Å². The van der Waals surface area contributed by atoms with Crippen molar-refractivity contribution < 1.29 is 4.74 Å². The zero-order valence-electron chi connectivity index (χ0n) is 10.5. The third-order valence-electron chi connectivity index (χ3n) is 3.32. The number of nitrogens with zero attached hydrogens (tertiary/aromatic N) is 2. The Kier molecular flexibility index (Phi) is 2.70. The largest absolute Gasteiger partial charge is 0.472 e. The SMILES string of the molecule is Cn1ccc(OCc2c(N)cccc2C2CC2)n1. The number of nitrogen functional groups attached to an aromatic ring is 1. The summed E-state index contributed by atoms with van der Waals surface area (Å²) < 4.78 is 7.43. The molecule has 1 aromatic carbocycles. The second kappa shape index (κ2) is 4.37. The summed E-state index contributed by atoms with van der Waals surface area (Å²) in [6.45, 7) is 0.496. The van der Waals surface area contributed by atoms with Gasteiger partial charge in [0.25, 0.3) is 0 Å². The Hall–Kier alpha value is -1.97. The molecule has 94 valence electrons. The molecule has 2 N–H and O–H groups in total. The van der Waals surface area contributed by atoms with E-state index in [1.807, 2.05) is 31.4 Å². The van der Waals surface area contributed by atoms with Crippen molar-refractivity contribution >= 4 is 5.69 Å². The Balaban J connectivity index is 1.79. The number of nitrogens with two attached hydrogens (primary N) is 1. The van der Waals surface area contributed by atoms with E-state index in [0.29, 0.717) is 18.4 Å². The zero-order valence-corrected chi connectivity index (χ0v) is 10.5. The normalized spacial score (nSPS) is 14.7. The van der Waals surface area contributed by atoms with E-state index >= 15 is 0 Å². The van der Waals surface area contributed by atoms with E-state index in [-0.39, 0.29) is 0 Å². The quantitative estimate of drug-likeness (QED) is 0.839. The molecule has 3 rings (SSSR count). The molecule has 1 aliphatic carbocycles. The predicted molar refractivity (Wildman–Crippen MR) is 70.4 cm³/mol. The van der Waals surface area contributed by atoms with Gasteiger partial charge >= 0.3 is 0 Å². The second-order valence-corrected chi connectivity index (χ2v) is 4.81. The first kappa shape index (κ1) is 11.1. The van der Waals surface area contributed by atoms with Gasteiger partial charge in [-0.25, -0.2) is 0 Å². The van der Waals surface area contributed by atoms with Crippen molar-refractivity contribution in [1.29, 1.82) is 0 Å². The summed E-state index contributed by atoms with van der Waals surface area (Å²) >= 11 is 0. The van der Waals surface area contributed by atoms with E-state index in [1.54, 1.807) is 4.68 Å². The highest BCUT2D eigenvalue weighted by Crippen LogP contribution is 2.42. The highest BCUT2D eigenvalue weighted by atomic mass is 16.5. The standard InChI is InChI=1S/C14H17N3O/c1-17-8-7-14(16-17)18-9-12-11(10-5-6-10)3-2-4-13(12)15/h2-4,7-8,10H,5-6,9,15H2,1H3. The smallest absolute Gasteiger partial charge is 0.233 e. The van der Waals surface area contributed by atoms with E-state index < -0.39 is 0 Å².